The van der Waals surface area contributed by atoms with Crippen LogP contribution in [0.4, 0.5) is 5.69 Å². The molecule has 10 nitrogen and oxygen atoms in total. The number of amides is 1. The first-order valence-electron chi connectivity index (χ1n) is 16.1. The number of hydrogen-bond acceptors (Lipinski definition) is 7. The van der Waals surface area contributed by atoms with Crippen LogP contribution in [0.5, 0.6) is 0 Å². The van der Waals surface area contributed by atoms with Gasteiger partial charge in [0.05, 0.1) is 20.6 Å². The van der Waals surface area contributed by atoms with E-state index in [0.717, 1.165) is 21.4 Å². The monoisotopic (exact) mass is 706 g/mol. The maximum atomic E-state index is 11.9. The van der Waals surface area contributed by atoms with Gasteiger partial charge in [-0.25, -0.2) is 4.79 Å². The number of carbonyl (C=O) groups is 2. The summed E-state index contributed by atoms with van der Waals surface area (Å²) in [6.45, 7) is 8.95. The van der Waals surface area contributed by atoms with Gasteiger partial charge in [-0.15, -0.1) is 0 Å². The zero-order valence-corrected chi connectivity index (χ0v) is 29.8. The SMILES string of the molecule is CC(C)n1sc2ccc([N+](=O)[O-])cc2c1=O.Cc1ccc(C(=O)NCc2ccccc2)cc1.Cc1ccc(C(=O)O)cc1.NCc1ccccc1. The molecule has 0 saturated heterocycles. The standard InChI is InChI=1S/C15H15NO.C10H10N2O3S.C8H8O2.C7H9N/c1-12-7-9-14(10-8-12)15(17)16-11-13-5-3-2-4-6-13;1-6(2)11-10(13)8-5-7(12(14)15)3-4-9(8)16-11;1-6-2-4-7(5-3-6)8(9)10;8-6-7-4-2-1-3-5-7/h2-10H,11H2,1H3,(H,16,17);3-6H,1-2H3;2-5H,1H3,(H,9,10);1-5H,6,8H2. The van der Waals surface area contributed by atoms with Gasteiger partial charge in [0.15, 0.2) is 0 Å². The Balaban J connectivity index is 0.000000191. The van der Waals surface area contributed by atoms with Gasteiger partial charge in [0.2, 0.25) is 0 Å². The van der Waals surface area contributed by atoms with Gasteiger partial charge in [-0.05, 0) is 69.2 Å². The molecule has 0 unspecified atom stereocenters. The van der Waals surface area contributed by atoms with Gasteiger partial charge < -0.3 is 16.2 Å². The van der Waals surface area contributed by atoms with Crippen LogP contribution in [0.15, 0.2) is 132 Å². The van der Waals surface area contributed by atoms with Gasteiger partial charge in [0.1, 0.15) is 0 Å². The maximum Gasteiger partial charge on any atom is 0.335 e. The molecule has 0 fully saturated rings. The predicted molar refractivity (Wildman–Crippen MR) is 204 cm³/mol. The minimum absolute atomic E-state index is 0.0335. The van der Waals surface area contributed by atoms with Crippen LogP contribution in [0, 0.1) is 24.0 Å². The maximum absolute atomic E-state index is 11.9. The number of nitro groups is 1. The Morgan fingerprint density at radius 1 is 0.804 bits per heavy atom. The summed E-state index contributed by atoms with van der Waals surface area (Å²) < 4.78 is 2.40. The number of hydrogen-bond donors (Lipinski definition) is 3. The van der Waals surface area contributed by atoms with Crippen molar-refractivity contribution in [3.05, 3.63) is 181 Å². The van der Waals surface area contributed by atoms with Crippen molar-refractivity contribution in [3.8, 4) is 0 Å². The number of aromatic nitrogens is 1. The summed E-state index contributed by atoms with van der Waals surface area (Å²) in [5.41, 5.74) is 10.7. The predicted octanol–water partition coefficient (Wildman–Crippen LogP) is 8.32. The first-order valence-corrected chi connectivity index (χ1v) is 16.9. The number of fused-ring (bicyclic) bond motifs is 1. The molecule has 0 aliphatic carbocycles. The fourth-order valence-electron chi connectivity index (χ4n) is 4.38. The lowest BCUT2D eigenvalue weighted by Crippen LogP contribution is -2.22. The minimum Gasteiger partial charge on any atom is -0.478 e. The van der Waals surface area contributed by atoms with Crippen molar-refractivity contribution in [2.75, 3.05) is 0 Å². The van der Waals surface area contributed by atoms with Crippen molar-refractivity contribution in [2.45, 2.75) is 46.8 Å². The Bertz CT molecular complexity index is 2060. The summed E-state index contributed by atoms with van der Waals surface area (Å²) in [4.78, 5) is 44.1. The van der Waals surface area contributed by atoms with Gasteiger partial charge in [0.25, 0.3) is 17.2 Å². The molecule has 0 aliphatic rings. The normalized spacial score (nSPS) is 10.1. The quantitative estimate of drug-likeness (QED) is 0.111. The Hall–Kier alpha value is -5.91. The van der Waals surface area contributed by atoms with E-state index in [1.54, 1.807) is 34.3 Å². The van der Waals surface area contributed by atoms with Crippen molar-refractivity contribution in [1.82, 2.24) is 9.27 Å². The number of carboxylic acid groups (broad SMARTS) is 1. The van der Waals surface area contributed by atoms with E-state index in [1.807, 2.05) is 113 Å². The fraction of sp³-hybridized carbons (Fsp3) is 0.175. The van der Waals surface area contributed by atoms with E-state index in [1.165, 1.54) is 29.2 Å². The Morgan fingerprint density at radius 3 is 1.76 bits per heavy atom. The summed E-state index contributed by atoms with van der Waals surface area (Å²) in [6, 6.07) is 38.7. The van der Waals surface area contributed by atoms with Crippen molar-refractivity contribution in [1.29, 1.82) is 0 Å². The number of nitrogens with zero attached hydrogens (tertiary/aromatic N) is 2. The van der Waals surface area contributed by atoms with E-state index in [9.17, 15) is 24.5 Å². The van der Waals surface area contributed by atoms with Gasteiger partial charge in [-0.2, -0.15) is 0 Å². The lowest BCUT2D eigenvalue weighted by Gasteiger charge is -2.05. The molecule has 0 spiro atoms. The first-order chi connectivity index (χ1) is 24.4. The molecule has 6 rings (SSSR count). The largest absolute Gasteiger partial charge is 0.478 e. The van der Waals surface area contributed by atoms with E-state index < -0.39 is 10.9 Å². The second-order valence-electron chi connectivity index (χ2n) is 11.6. The number of rotatable bonds is 7. The number of nitro benzene ring substituents is 1. The van der Waals surface area contributed by atoms with Crippen molar-refractivity contribution in [2.24, 2.45) is 5.73 Å². The van der Waals surface area contributed by atoms with Gasteiger partial charge in [0, 0.05) is 36.8 Å². The number of aromatic carboxylic acids is 1. The molecule has 0 aliphatic heterocycles. The third kappa shape index (κ3) is 12.8. The molecule has 0 bridgehead atoms. The zero-order valence-electron chi connectivity index (χ0n) is 29.0. The summed E-state index contributed by atoms with van der Waals surface area (Å²) in [6.07, 6.45) is 0. The highest BCUT2D eigenvalue weighted by atomic mass is 32.1. The molecule has 4 N–H and O–H groups in total. The van der Waals surface area contributed by atoms with E-state index in [2.05, 4.69) is 5.32 Å². The van der Waals surface area contributed by atoms with Crippen LogP contribution in [-0.4, -0.2) is 25.9 Å². The van der Waals surface area contributed by atoms with Crippen molar-refractivity contribution >= 4 is 39.2 Å². The fourth-order valence-corrected chi connectivity index (χ4v) is 5.36. The first kappa shape index (κ1) is 39.5. The third-order valence-corrected chi connectivity index (χ3v) is 8.59. The van der Waals surface area contributed by atoms with Crippen LogP contribution >= 0.6 is 11.5 Å². The Kier molecular flexibility index (Phi) is 15.4. The number of carbonyl (C=O) groups excluding carboxylic acids is 1. The van der Waals surface area contributed by atoms with Crippen molar-refractivity contribution < 1.29 is 19.6 Å². The molecule has 5 aromatic carbocycles. The molecule has 0 radical (unpaired) electrons. The molecule has 0 saturated carbocycles. The molecule has 1 heterocycles. The topological polar surface area (TPSA) is 158 Å². The van der Waals surface area contributed by atoms with Crippen LogP contribution in [0.3, 0.4) is 0 Å². The second kappa shape index (κ2) is 19.9. The van der Waals surface area contributed by atoms with Crippen LogP contribution < -0.4 is 16.6 Å². The molecule has 11 heteroatoms. The van der Waals surface area contributed by atoms with E-state index >= 15 is 0 Å². The summed E-state index contributed by atoms with van der Waals surface area (Å²) in [5, 5.41) is 22.4. The second-order valence-corrected chi connectivity index (χ2v) is 12.7. The Labute approximate surface area is 301 Å². The Morgan fingerprint density at radius 2 is 1.31 bits per heavy atom. The van der Waals surface area contributed by atoms with E-state index in [4.69, 9.17) is 10.8 Å². The number of non-ortho nitro benzene ring substituents is 1. The highest BCUT2D eigenvalue weighted by molar-refractivity contribution is 7.13. The number of carboxylic acids is 1. The highest BCUT2D eigenvalue weighted by Gasteiger charge is 2.14. The molecule has 1 aromatic heterocycles. The molecule has 6 aromatic rings. The molecular formula is C40H42N4O6S. The zero-order chi connectivity index (χ0) is 37.3. The van der Waals surface area contributed by atoms with Crippen LogP contribution in [0.25, 0.3) is 10.1 Å². The lowest BCUT2D eigenvalue weighted by atomic mass is 10.1. The van der Waals surface area contributed by atoms with Gasteiger partial charge in [-0.1, -0.05) is 108 Å². The number of nitrogens with two attached hydrogens (primary N) is 1. The number of nitrogens with one attached hydrogen (secondary N) is 1. The summed E-state index contributed by atoms with van der Waals surface area (Å²) >= 11 is 1.33. The van der Waals surface area contributed by atoms with E-state index in [0.29, 0.717) is 29.6 Å². The molecule has 0 atom stereocenters. The van der Waals surface area contributed by atoms with Crippen LogP contribution in [0.2, 0.25) is 0 Å². The molecular weight excluding hydrogens is 665 g/mol. The number of benzene rings is 5. The molecule has 264 valence electrons. The smallest absolute Gasteiger partial charge is 0.335 e. The lowest BCUT2D eigenvalue weighted by molar-refractivity contribution is -0.384. The summed E-state index contributed by atoms with van der Waals surface area (Å²) in [5.74, 6) is -0.908. The third-order valence-electron chi connectivity index (χ3n) is 7.26. The molecule has 1 amide bonds. The van der Waals surface area contributed by atoms with Crippen molar-refractivity contribution in [3.63, 3.8) is 0 Å². The average molecular weight is 707 g/mol. The van der Waals surface area contributed by atoms with Crippen LogP contribution in [-0.2, 0) is 13.1 Å². The average Bonchev–Trinajstić information content (AvgIpc) is 3.48. The van der Waals surface area contributed by atoms with Gasteiger partial charge in [-0.3, -0.25) is 23.7 Å². The summed E-state index contributed by atoms with van der Waals surface area (Å²) in [7, 11) is 0. The van der Waals surface area contributed by atoms with E-state index in [-0.39, 0.29) is 23.2 Å². The highest BCUT2D eigenvalue weighted by Crippen LogP contribution is 2.23. The number of aryl methyl sites for hydroxylation is 2. The van der Waals surface area contributed by atoms with Gasteiger partial charge >= 0.3 is 5.97 Å². The minimum atomic E-state index is -0.875. The molecule has 51 heavy (non-hydrogen) atoms. The van der Waals surface area contributed by atoms with Crippen LogP contribution in [0.1, 0.15) is 62.9 Å².